The van der Waals surface area contributed by atoms with E-state index in [0.717, 1.165) is 33.0 Å². The molecule has 1 atom stereocenters. The largest absolute Gasteiger partial charge is 0.378 e. The van der Waals surface area contributed by atoms with E-state index in [9.17, 15) is 5.11 Å². The van der Waals surface area contributed by atoms with Gasteiger partial charge in [0.1, 0.15) is 11.1 Å². The van der Waals surface area contributed by atoms with E-state index in [2.05, 4.69) is 152 Å². The molecular weight excluding hydrogens is 548 g/mol. The summed E-state index contributed by atoms with van der Waals surface area (Å²) in [5, 5.41) is 14.9. The molecule has 1 N–H and O–H groups in total. The molecule has 1 heterocycles. The number of fused-ring (bicyclic) bond motifs is 1. The number of benzene rings is 6. The van der Waals surface area contributed by atoms with E-state index >= 15 is 0 Å². The highest BCUT2D eigenvalue weighted by molar-refractivity contribution is 5.88. The summed E-state index contributed by atoms with van der Waals surface area (Å²) in [6.07, 6.45) is 3.92. The van der Waals surface area contributed by atoms with Crippen LogP contribution in [0.15, 0.2) is 170 Å². The van der Waals surface area contributed by atoms with Gasteiger partial charge in [-0.05, 0) is 62.2 Å². The van der Waals surface area contributed by atoms with Crippen LogP contribution in [-0.2, 0) is 11.1 Å². The Morgan fingerprint density at radius 1 is 0.533 bits per heavy atom. The van der Waals surface area contributed by atoms with Gasteiger partial charge in [-0.1, -0.05) is 159 Å². The fourth-order valence-corrected chi connectivity index (χ4v) is 6.76. The van der Waals surface area contributed by atoms with E-state index in [4.69, 9.17) is 4.98 Å². The van der Waals surface area contributed by atoms with Gasteiger partial charge in [-0.25, -0.2) is 4.98 Å². The molecule has 0 aliphatic heterocycles. The molecule has 3 nitrogen and oxygen atoms in total. The summed E-state index contributed by atoms with van der Waals surface area (Å²) in [4.78, 5) is 4.98. The molecule has 0 saturated heterocycles. The van der Waals surface area contributed by atoms with Gasteiger partial charge in [0, 0.05) is 6.20 Å². The average molecular weight is 585 g/mol. The monoisotopic (exact) mass is 584 g/mol. The molecule has 6 aromatic carbocycles. The minimum Gasteiger partial charge on any atom is -0.378 e. The zero-order valence-electron chi connectivity index (χ0n) is 25.6. The lowest BCUT2D eigenvalue weighted by Gasteiger charge is -2.37. The molecule has 7 rings (SSSR count). The van der Waals surface area contributed by atoms with Crippen molar-refractivity contribution in [1.82, 2.24) is 9.55 Å². The highest BCUT2D eigenvalue weighted by Crippen LogP contribution is 2.43. The van der Waals surface area contributed by atoms with Gasteiger partial charge in [-0.15, -0.1) is 0 Å². The van der Waals surface area contributed by atoms with E-state index in [0.29, 0.717) is 5.69 Å². The van der Waals surface area contributed by atoms with Gasteiger partial charge in [0.2, 0.25) is 0 Å². The van der Waals surface area contributed by atoms with E-state index in [1.165, 1.54) is 11.1 Å². The Morgan fingerprint density at radius 2 is 1.02 bits per heavy atom. The highest BCUT2D eigenvalue weighted by atomic mass is 16.3. The van der Waals surface area contributed by atoms with Gasteiger partial charge >= 0.3 is 0 Å². The number of hydrogen-bond acceptors (Lipinski definition) is 2. The lowest BCUT2D eigenvalue weighted by atomic mass is 9.76. The van der Waals surface area contributed by atoms with Crippen molar-refractivity contribution < 1.29 is 5.11 Å². The highest BCUT2D eigenvalue weighted by Gasteiger charge is 2.42. The Kier molecular flexibility index (Phi) is 7.40. The van der Waals surface area contributed by atoms with Crippen LogP contribution in [0.2, 0.25) is 0 Å². The Hall–Kier alpha value is -5.25. The number of nitrogens with zero attached hydrogens (tertiary/aromatic N) is 2. The van der Waals surface area contributed by atoms with Crippen LogP contribution >= 0.6 is 0 Å². The first-order valence-corrected chi connectivity index (χ1v) is 15.5. The minimum atomic E-state index is -1.31. The number of hydrogen-bond donors (Lipinski definition) is 1. The van der Waals surface area contributed by atoms with Crippen molar-refractivity contribution in [3.8, 4) is 11.1 Å². The van der Waals surface area contributed by atoms with Crippen molar-refractivity contribution in [2.24, 2.45) is 5.92 Å². The van der Waals surface area contributed by atoms with Gasteiger partial charge in [0.05, 0.1) is 12.0 Å². The van der Waals surface area contributed by atoms with Crippen molar-refractivity contribution in [2.45, 2.75) is 25.0 Å². The van der Waals surface area contributed by atoms with Crippen LogP contribution in [0.25, 0.3) is 21.9 Å². The Balaban J connectivity index is 1.39. The van der Waals surface area contributed by atoms with Crippen LogP contribution in [0.5, 0.6) is 0 Å². The van der Waals surface area contributed by atoms with Gasteiger partial charge in [-0.2, -0.15) is 0 Å². The van der Waals surface area contributed by atoms with E-state index in [-0.39, 0.29) is 5.92 Å². The summed E-state index contributed by atoms with van der Waals surface area (Å²) in [6.45, 7) is 4.11. The summed E-state index contributed by atoms with van der Waals surface area (Å²) in [5.74, 6) is -0.138. The molecule has 0 spiro atoms. The van der Waals surface area contributed by atoms with Crippen molar-refractivity contribution in [2.75, 3.05) is 0 Å². The molecule has 220 valence electrons. The first kappa shape index (κ1) is 28.5. The standard InChI is InChI=1S/C42H36N2O/c1-31(2)42(45,39-26-25-34-27-33(23-24-35(34)28-39)32-15-7-3-8-16-32)40-29-44(30-43-40)41(36-17-9-4-10-18-36,37-19-11-5-12-20-37)38-21-13-6-14-22-38/h3-31,45H,1-2H3. The third kappa shape index (κ3) is 4.86. The number of imidazole rings is 1. The molecule has 0 bridgehead atoms. The van der Waals surface area contributed by atoms with Crippen LogP contribution in [0.3, 0.4) is 0 Å². The van der Waals surface area contributed by atoms with Crippen LogP contribution < -0.4 is 0 Å². The molecule has 45 heavy (non-hydrogen) atoms. The molecule has 0 radical (unpaired) electrons. The Morgan fingerprint density at radius 3 is 1.56 bits per heavy atom. The fourth-order valence-electron chi connectivity index (χ4n) is 6.76. The average Bonchev–Trinajstić information content (AvgIpc) is 3.60. The second kappa shape index (κ2) is 11.7. The summed E-state index contributed by atoms with van der Waals surface area (Å²) in [7, 11) is 0. The molecule has 0 aliphatic carbocycles. The number of aliphatic hydroxyl groups is 1. The maximum absolute atomic E-state index is 12.6. The summed E-state index contributed by atoms with van der Waals surface area (Å²) in [6, 6.07) is 54.8. The number of aromatic nitrogens is 2. The Labute approximate surface area is 265 Å². The van der Waals surface area contributed by atoms with Crippen LogP contribution in [0, 0.1) is 5.92 Å². The van der Waals surface area contributed by atoms with Gasteiger partial charge < -0.3 is 9.67 Å². The zero-order chi connectivity index (χ0) is 30.9. The molecule has 1 unspecified atom stereocenters. The minimum absolute atomic E-state index is 0.138. The van der Waals surface area contributed by atoms with E-state index in [1.807, 2.05) is 36.8 Å². The maximum Gasteiger partial charge on any atom is 0.135 e. The first-order chi connectivity index (χ1) is 22.0. The normalized spacial score (nSPS) is 13.2. The van der Waals surface area contributed by atoms with Gasteiger partial charge in [-0.3, -0.25) is 0 Å². The molecule has 1 aromatic heterocycles. The molecule has 7 aromatic rings. The van der Waals surface area contributed by atoms with Gasteiger partial charge in [0.25, 0.3) is 0 Å². The lowest BCUT2D eigenvalue weighted by Crippen LogP contribution is -2.37. The quantitative estimate of drug-likeness (QED) is 0.181. The molecular formula is C42H36N2O. The van der Waals surface area contributed by atoms with Gasteiger partial charge in [0.15, 0.2) is 0 Å². The number of rotatable bonds is 8. The Bertz CT molecular complexity index is 1940. The molecule has 3 heteroatoms. The lowest BCUT2D eigenvalue weighted by molar-refractivity contribution is 0.0279. The predicted molar refractivity (Wildman–Crippen MR) is 184 cm³/mol. The maximum atomic E-state index is 12.6. The second-order valence-corrected chi connectivity index (χ2v) is 12.0. The molecule has 0 amide bonds. The topological polar surface area (TPSA) is 38.0 Å². The SMILES string of the molecule is CC(C)C(O)(c1ccc2cc(-c3ccccc3)ccc2c1)c1cn(C(c2ccccc2)(c2ccccc2)c2ccccc2)cn1. The fraction of sp³-hybridized carbons (Fsp3) is 0.119. The van der Waals surface area contributed by atoms with E-state index in [1.54, 1.807) is 0 Å². The summed E-state index contributed by atoms with van der Waals surface area (Å²) < 4.78 is 2.17. The zero-order valence-corrected chi connectivity index (χ0v) is 25.6. The van der Waals surface area contributed by atoms with Crippen molar-refractivity contribution in [3.63, 3.8) is 0 Å². The molecule has 0 saturated carbocycles. The third-order valence-electron chi connectivity index (χ3n) is 9.16. The summed E-state index contributed by atoms with van der Waals surface area (Å²) in [5.41, 5.74) is 5.12. The van der Waals surface area contributed by atoms with Crippen LogP contribution in [0.1, 0.15) is 41.8 Å². The predicted octanol–water partition coefficient (Wildman–Crippen LogP) is 9.44. The summed E-state index contributed by atoms with van der Waals surface area (Å²) >= 11 is 0. The van der Waals surface area contributed by atoms with Crippen LogP contribution in [0.4, 0.5) is 0 Å². The van der Waals surface area contributed by atoms with Crippen molar-refractivity contribution in [3.05, 3.63) is 198 Å². The smallest absolute Gasteiger partial charge is 0.135 e. The van der Waals surface area contributed by atoms with Crippen molar-refractivity contribution >= 4 is 10.8 Å². The third-order valence-corrected chi connectivity index (χ3v) is 9.16. The molecule has 0 aliphatic rings. The van der Waals surface area contributed by atoms with Crippen molar-refractivity contribution in [1.29, 1.82) is 0 Å². The second-order valence-electron chi connectivity index (χ2n) is 12.0. The van der Waals surface area contributed by atoms with E-state index < -0.39 is 11.1 Å². The first-order valence-electron chi connectivity index (χ1n) is 15.5. The van der Waals surface area contributed by atoms with Crippen LogP contribution in [-0.4, -0.2) is 14.7 Å². The molecule has 0 fully saturated rings.